The van der Waals surface area contributed by atoms with Gasteiger partial charge in [-0.15, -0.1) is 0 Å². The van der Waals surface area contributed by atoms with Gasteiger partial charge >= 0.3 is 5.97 Å². The van der Waals surface area contributed by atoms with E-state index in [1.165, 1.54) is 0 Å². The van der Waals surface area contributed by atoms with Crippen LogP contribution in [0.3, 0.4) is 0 Å². The summed E-state index contributed by atoms with van der Waals surface area (Å²) in [7, 11) is 0. The zero-order valence-corrected chi connectivity index (χ0v) is 13.2. The van der Waals surface area contributed by atoms with Crippen LogP contribution in [0.15, 0.2) is 0 Å². The van der Waals surface area contributed by atoms with Crippen LogP contribution in [0, 0.1) is 11.3 Å². The normalized spacial score (nSPS) is 37.9. The summed E-state index contributed by atoms with van der Waals surface area (Å²) in [5.41, 5.74) is -0.356. The van der Waals surface area contributed by atoms with Crippen LogP contribution in [0.25, 0.3) is 0 Å². The number of esters is 1. The Morgan fingerprint density at radius 3 is 2.47 bits per heavy atom. The summed E-state index contributed by atoms with van der Waals surface area (Å²) in [5.74, 6) is 0.384. The van der Waals surface area contributed by atoms with E-state index in [0.717, 1.165) is 19.3 Å². The summed E-state index contributed by atoms with van der Waals surface area (Å²) in [5, 5.41) is 0. The Bertz CT molecular complexity index is 369. The van der Waals surface area contributed by atoms with Gasteiger partial charge in [-0.05, 0) is 31.1 Å². The summed E-state index contributed by atoms with van der Waals surface area (Å²) < 4.78 is 12.0. The highest BCUT2D eigenvalue weighted by Gasteiger charge is 2.61. The third kappa shape index (κ3) is 2.81. The van der Waals surface area contributed by atoms with E-state index in [-0.39, 0.29) is 28.7 Å². The van der Waals surface area contributed by atoms with E-state index in [4.69, 9.17) is 9.47 Å². The highest BCUT2D eigenvalue weighted by molar-refractivity contribution is 5.70. The molecule has 2 bridgehead atoms. The van der Waals surface area contributed by atoms with Crippen LogP contribution in [0.5, 0.6) is 0 Å². The predicted molar refractivity (Wildman–Crippen MR) is 74.9 cm³/mol. The zero-order chi connectivity index (χ0) is 14.5. The second-order valence-electron chi connectivity index (χ2n) is 8.05. The van der Waals surface area contributed by atoms with E-state index in [1.54, 1.807) is 0 Å². The Hall–Kier alpha value is -0.570. The van der Waals surface area contributed by atoms with E-state index >= 15 is 0 Å². The quantitative estimate of drug-likeness (QED) is 0.732. The highest BCUT2D eigenvalue weighted by atomic mass is 16.6. The smallest absolute Gasteiger partial charge is 0.306 e. The Labute approximate surface area is 117 Å². The monoisotopic (exact) mass is 268 g/mol. The average Bonchev–Trinajstić information content (AvgIpc) is 2.67. The molecule has 3 atom stereocenters. The Balaban J connectivity index is 2.02. The van der Waals surface area contributed by atoms with E-state index in [9.17, 15) is 4.79 Å². The molecule has 2 heterocycles. The zero-order valence-electron chi connectivity index (χ0n) is 13.2. The minimum atomic E-state index is -0.266. The molecule has 0 aromatic rings. The lowest BCUT2D eigenvalue weighted by atomic mass is 9.75. The van der Waals surface area contributed by atoms with Gasteiger partial charge in [0.15, 0.2) is 0 Å². The van der Waals surface area contributed by atoms with Crippen LogP contribution in [-0.2, 0) is 14.3 Å². The van der Waals surface area contributed by atoms with Gasteiger partial charge in [-0.1, -0.05) is 34.6 Å². The number of carbonyl (C=O) groups is 1. The van der Waals surface area contributed by atoms with Crippen molar-refractivity contribution >= 4 is 5.97 Å². The maximum Gasteiger partial charge on any atom is 0.306 e. The number of fused-ring (bicyclic) bond motifs is 2. The third-order valence-corrected chi connectivity index (χ3v) is 4.69. The van der Waals surface area contributed by atoms with E-state index in [0.29, 0.717) is 12.3 Å². The van der Waals surface area contributed by atoms with Gasteiger partial charge in [0.1, 0.15) is 11.7 Å². The summed E-state index contributed by atoms with van der Waals surface area (Å²) in [6, 6.07) is 0. The maximum atomic E-state index is 12.0. The molecule has 110 valence electrons. The van der Waals surface area contributed by atoms with Crippen LogP contribution in [-0.4, -0.2) is 23.3 Å². The molecular formula is C16H28O3. The van der Waals surface area contributed by atoms with Crippen LogP contribution in [0.4, 0.5) is 0 Å². The number of carbonyl (C=O) groups excluding carboxylic acids is 1. The fraction of sp³-hybridized carbons (Fsp3) is 0.938. The van der Waals surface area contributed by atoms with Crippen molar-refractivity contribution in [2.45, 2.75) is 84.5 Å². The van der Waals surface area contributed by atoms with Gasteiger partial charge < -0.3 is 9.47 Å². The first-order chi connectivity index (χ1) is 8.56. The van der Waals surface area contributed by atoms with Gasteiger partial charge in [0.2, 0.25) is 0 Å². The molecule has 3 nitrogen and oxygen atoms in total. The first-order valence-electron chi connectivity index (χ1n) is 7.46. The van der Waals surface area contributed by atoms with E-state index in [1.807, 2.05) is 0 Å². The van der Waals surface area contributed by atoms with Gasteiger partial charge in [-0.2, -0.15) is 0 Å². The molecule has 19 heavy (non-hydrogen) atoms. The molecule has 0 aromatic carbocycles. The van der Waals surface area contributed by atoms with E-state index < -0.39 is 0 Å². The molecule has 2 aliphatic rings. The topological polar surface area (TPSA) is 35.5 Å². The maximum absolute atomic E-state index is 12.0. The van der Waals surface area contributed by atoms with Crippen molar-refractivity contribution in [3.8, 4) is 0 Å². The van der Waals surface area contributed by atoms with Crippen molar-refractivity contribution in [1.82, 2.24) is 0 Å². The van der Waals surface area contributed by atoms with Crippen molar-refractivity contribution < 1.29 is 14.3 Å². The molecule has 0 spiro atoms. The molecule has 0 amide bonds. The molecule has 2 aliphatic heterocycles. The third-order valence-electron chi connectivity index (χ3n) is 4.69. The summed E-state index contributed by atoms with van der Waals surface area (Å²) in [6.45, 7) is 12.7. The summed E-state index contributed by atoms with van der Waals surface area (Å²) >= 11 is 0. The van der Waals surface area contributed by atoms with Crippen LogP contribution in [0.2, 0.25) is 0 Å². The number of hydrogen-bond acceptors (Lipinski definition) is 3. The number of rotatable bonds is 3. The molecule has 0 radical (unpaired) electrons. The lowest BCUT2D eigenvalue weighted by Crippen LogP contribution is -2.40. The number of ether oxygens (including phenoxy) is 2. The van der Waals surface area contributed by atoms with Crippen molar-refractivity contribution in [3.05, 3.63) is 0 Å². The molecule has 0 N–H and O–H groups in total. The van der Waals surface area contributed by atoms with Gasteiger partial charge in [-0.25, -0.2) is 0 Å². The largest absolute Gasteiger partial charge is 0.459 e. The molecule has 0 saturated carbocycles. The highest BCUT2D eigenvalue weighted by Crippen LogP contribution is 2.55. The average molecular weight is 268 g/mol. The van der Waals surface area contributed by atoms with Crippen molar-refractivity contribution in [2.75, 3.05) is 0 Å². The molecule has 0 aromatic heterocycles. The standard InChI is InChI=1S/C16H28O3/c1-11(2)16-8-7-15(6,19-16)12(9-16)18-13(17)10-14(3,4)5/h11-12H,7-10H2,1-6H3/t12-,15-,16-/m1/s1. The van der Waals surface area contributed by atoms with Crippen LogP contribution >= 0.6 is 0 Å². The fourth-order valence-corrected chi connectivity index (χ4v) is 3.37. The molecular weight excluding hydrogens is 240 g/mol. The molecule has 2 fully saturated rings. The van der Waals surface area contributed by atoms with Gasteiger partial charge in [0.05, 0.1) is 12.0 Å². The van der Waals surface area contributed by atoms with Crippen LogP contribution in [0.1, 0.15) is 67.2 Å². The first kappa shape index (κ1) is 14.8. The molecule has 2 rings (SSSR count). The fourth-order valence-electron chi connectivity index (χ4n) is 3.37. The molecule has 2 saturated heterocycles. The molecule has 0 unspecified atom stereocenters. The van der Waals surface area contributed by atoms with Gasteiger partial charge in [0, 0.05) is 6.42 Å². The van der Waals surface area contributed by atoms with Gasteiger partial charge in [0.25, 0.3) is 0 Å². The van der Waals surface area contributed by atoms with Crippen molar-refractivity contribution in [3.63, 3.8) is 0 Å². The van der Waals surface area contributed by atoms with Gasteiger partial charge in [-0.3, -0.25) is 4.79 Å². The van der Waals surface area contributed by atoms with E-state index in [2.05, 4.69) is 41.5 Å². The predicted octanol–water partition coefficient (Wildman–Crippen LogP) is 3.70. The lowest BCUT2D eigenvalue weighted by Gasteiger charge is -2.31. The van der Waals surface area contributed by atoms with Crippen molar-refractivity contribution in [2.24, 2.45) is 11.3 Å². The second-order valence-corrected chi connectivity index (χ2v) is 8.05. The first-order valence-corrected chi connectivity index (χ1v) is 7.46. The van der Waals surface area contributed by atoms with Crippen LogP contribution < -0.4 is 0 Å². The summed E-state index contributed by atoms with van der Waals surface area (Å²) in [6.07, 6.45) is 3.34. The SMILES string of the molecule is CC(C)[C@]12CC[C@@](C)(O1)[C@H](OC(=O)CC(C)(C)C)C2. The number of hydrogen-bond donors (Lipinski definition) is 0. The Morgan fingerprint density at radius 2 is 2.00 bits per heavy atom. The minimum absolute atomic E-state index is 0.0216. The Kier molecular flexibility index (Phi) is 3.49. The Morgan fingerprint density at radius 1 is 1.37 bits per heavy atom. The molecule has 0 aliphatic carbocycles. The minimum Gasteiger partial charge on any atom is -0.459 e. The lowest BCUT2D eigenvalue weighted by molar-refractivity contribution is -0.159. The molecule has 3 heteroatoms. The summed E-state index contributed by atoms with van der Waals surface area (Å²) in [4.78, 5) is 12.0. The van der Waals surface area contributed by atoms with Crippen molar-refractivity contribution in [1.29, 1.82) is 0 Å². The second kappa shape index (κ2) is 4.47.